The highest BCUT2D eigenvalue weighted by Gasteiger charge is 2.44. The fraction of sp³-hybridized carbons (Fsp3) is 0.400. The van der Waals surface area contributed by atoms with Gasteiger partial charge in [-0.25, -0.2) is 18.1 Å². The first-order valence-corrected chi connectivity index (χ1v) is 11.4. The molecule has 1 spiro atoms. The molecule has 9 heteroatoms. The Morgan fingerprint density at radius 2 is 1.97 bits per heavy atom. The van der Waals surface area contributed by atoms with Gasteiger partial charge in [0.15, 0.2) is 0 Å². The van der Waals surface area contributed by atoms with Crippen LogP contribution in [0.15, 0.2) is 42.6 Å². The molecule has 2 aliphatic rings. The molecule has 154 valence electrons. The number of aromatic nitrogens is 1. The van der Waals surface area contributed by atoms with Gasteiger partial charge in [0.25, 0.3) is 5.91 Å². The first kappa shape index (κ1) is 19.7. The first-order valence-electron chi connectivity index (χ1n) is 9.51. The fourth-order valence-electron chi connectivity index (χ4n) is 4.12. The monoisotopic (exact) mass is 416 g/mol. The van der Waals surface area contributed by atoms with Gasteiger partial charge in [0, 0.05) is 44.1 Å². The second kappa shape index (κ2) is 7.31. The number of piperidine rings is 1. The Morgan fingerprint density at radius 3 is 2.62 bits per heavy atom. The van der Waals surface area contributed by atoms with E-state index in [4.69, 9.17) is 10.5 Å². The van der Waals surface area contributed by atoms with Crippen molar-refractivity contribution in [1.82, 2.24) is 14.6 Å². The van der Waals surface area contributed by atoms with E-state index in [1.165, 1.54) is 12.5 Å². The summed E-state index contributed by atoms with van der Waals surface area (Å²) >= 11 is 0. The maximum Gasteiger partial charge on any atom is 0.255 e. The highest BCUT2D eigenvalue weighted by molar-refractivity contribution is 7.88. The van der Waals surface area contributed by atoms with Crippen LogP contribution in [0, 0.1) is 0 Å². The summed E-state index contributed by atoms with van der Waals surface area (Å²) < 4.78 is 32.9. The number of amides is 1. The predicted octanol–water partition coefficient (Wildman–Crippen LogP) is 1.71. The second-order valence-corrected chi connectivity index (χ2v) is 9.51. The van der Waals surface area contributed by atoms with Gasteiger partial charge in [-0.3, -0.25) is 4.79 Å². The van der Waals surface area contributed by atoms with Gasteiger partial charge in [-0.2, -0.15) is 0 Å². The number of carbonyl (C=O) groups is 1. The Balaban J connectivity index is 1.51. The largest absolute Gasteiger partial charge is 0.487 e. The molecule has 1 unspecified atom stereocenters. The zero-order valence-corrected chi connectivity index (χ0v) is 17.0. The molecule has 1 aromatic carbocycles. The number of likely N-dealkylation sites (tertiary alicyclic amines) is 1. The van der Waals surface area contributed by atoms with Crippen molar-refractivity contribution in [2.24, 2.45) is 0 Å². The van der Waals surface area contributed by atoms with Crippen molar-refractivity contribution < 1.29 is 17.9 Å². The summed E-state index contributed by atoms with van der Waals surface area (Å²) in [7, 11) is -3.37. The molecule has 1 fully saturated rings. The standard InChI is InChI=1S/C20H24N4O4S/c1-29(26,27)23-16-12-20(28-17-5-3-2-4-15(16)17)8-10-24(11-9-20)19(25)14-6-7-18(21)22-13-14/h2-7,13,16,23H,8-12H2,1H3,(H2,21,22). The van der Waals surface area contributed by atoms with Gasteiger partial charge < -0.3 is 15.4 Å². The molecule has 0 bridgehead atoms. The maximum absolute atomic E-state index is 12.7. The third kappa shape index (κ3) is 4.20. The smallest absolute Gasteiger partial charge is 0.255 e. The lowest BCUT2D eigenvalue weighted by molar-refractivity contribution is -0.0189. The minimum atomic E-state index is -3.37. The number of anilines is 1. The molecule has 4 rings (SSSR count). The Labute approximate surface area is 170 Å². The van der Waals surface area contributed by atoms with Crippen LogP contribution in [0.3, 0.4) is 0 Å². The van der Waals surface area contributed by atoms with Gasteiger partial charge in [-0.1, -0.05) is 18.2 Å². The van der Waals surface area contributed by atoms with Crippen molar-refractivity contribution in [1.29, 1.82) is 0 Å². The summed E-state index contributed by atoms with van der Waals surface area (Å²) in [5.41, 5.74) is 6.43. The van der Waals surface area contributed by atoms with Gasteiger partial charge in [-0.15, -0.1) is 0 Å². The minimum absolute atomic E-state index is 0.0885. The lowest BCUT2D eigenvalue weighted by Gasteiger charge is -2.46. The highest BCUT2D eigenvalue weighted by Crippen LogP contribution is 2.44. The van der Waals surface area contributed by atoms with Crippen LogP contribution in [0.5, 0.6) is 5.75 Å². The normalized spacial score (nSPS) is 20.7. The number of nitrogens with zero attached hydrogens (tertiary/aromatic N) is 2. The van der Waals surface area contributed by atoms with Crippen molar-refractivity contribution in [3.63, 3.8) is 0 Å². The zero-order chi connectivity index (χ0) is 20.6. The van der Waals surface area contributed by atoms with Crippen LogP contribution in [0.25, 0.3) is 0 Å². The fourth-order valence-corrected chi connectivity index (χ4v) is 4.85. The Bertz CT molecular complexity index is 1020. The number of rotatable bonds is 3. The van der Waals surface area contributed by atoms with Crippen LogP contribution < -0.4 is 15.2 Å². The van der Waals surface area contributed by atoms with Crippen molar-refractivity contribution in [3.05, 3.63) is 53.7 Å². The zero-order valence-electron chi connectivity index (χ0n) is 16.2. The van der Waals surface area contributed by atoms with E-state index in [9.17, 15) is 13.2 Å². The summed E-state index contributed by atoms with van der Waals surface area (Å²) in [5, 5.41) is 0. The molecular weight excluding hydrogens is 392 g/mol. The van der Waals surface area contributed by atoms with Crippen LogP contribution >= 0.6 is 0 Å². The van der Waals surface area contributed by atoms with Crippen LogP contribution in [0.2, 0.25) is 0 Å². The predicted molar refractivity (Wildman–Crippen MR) is 109 cm³/mol. The average Bonchev–Trinajstić information content (AvgIpc) is 2.67. The van der Waals surface area contributed by atoms with E-state index in [1.54, 1.807) is 17.0 Å². The number of fused-ring (bicyclic) bond motifs is 1. The third-order valence-corrected chi connectivity index (χ3v) is 6.26. The van der Waals surface area contributed by atoms with Gasteiger partial charge in [0.2, 0.25) is 10.0 Å². The number of nitrogens with one attached hydrogen (secondary N) is 1. The van der Waals surface area contributed by atoms with E-state index < -0.39 is 15.6 Å². The number of nitrogens with two attached hydrogens (primary N) is 1. The number of ether oxygens (including phenoxy) is 1. The summed E-state index contributed by atoms with van der Waals surface area (Å²) in [4.78, 5) is 18.5. The SMILES string of the molecule is CS(=O)(=O)NC1CC2(CCN(C(=O)c3ccc(N)nc3)CC2)Oc2ccccc21. The van der Waals surface area contributed by atoms with Gasteiger partial charge >= 0.3 is 0 Å². The lowest BCUT2D eigenvalue weighted by atomic mass is 9.81. The molecule has 3 N–H and O–H groups in total. The summed E-state index contributed by atoms with van der Waals surface area (Å²) in [5.74, 6) is 0.981. The number of carbonyl (C=O) groups excluding carboxylic acids is 1. The molecule has 1 amide bonds. The molecule has 0 saturated carbocycles. The molecule has 1 aromatic heterocycles. The molecule has 8 nitrogen and oxygen atoms in total. The number of hydrogen-bond donors (Lipinski definition) is 2. The van der Waals surface area contributed by atoms with E-state index in [0.717, 1.165) is 5.56 Å². The van der Waals surface area contributed by atoms with Gasteiger partial charge in [0.1, 0.15) is 17.2 Å². The van der Waals surface area contributed by atoms with Crippen LogP contribution in [0.1, 0.15) is 41.2 Å². The third-order valence-electron chi connectivity index (χ3n) is 5.55. The lowest BCUT2D eigenvalue weighted by Crippen LogP contribution is -2.53. The van der Waals surface area contributed by atoms with E-state index in [2.05, 4.69) is 9.71 Å². The van der Waals surface area contributed by atoms with E-state index in [1.807, 2.05) is 24.3 Å². The van der Waals surface area contributed by atoms with Gasteiger partial charge in [-0.05, 0) is 18.2 Å². The number of pyridine rings is 1. The number of sulfonamides is 1. The summed E-state index contributed by atoms with van der Waals surface area (Å²) in [6.45, 7) is 1.05. The van der Waals surface area contributed by atoms with Crippen LogP contribution in [-0.2, 0) is 10.0 Å². The maximum atomic E-state index is 12.7. The number of hydrogen-bond acceptors (Lipinski definition) is 6. The number of benzene rings is 1. The van der Waals surface area contributed by atoms with E-state index in [0.29, 0.717) is 49.5 Å². The van der Waals surface area contributed by atoms with E-state index in [-0.39, 0.29) is 11.9 Å². The minimum Gasteiger partial charge on any atom is -0.487 e. The number of nitrogen functional groups attached to an aromatic ring is 1. The van der Waals surface area contributed by atoms with Crippen molar-refractivity contribution in [2.45, 2.75) is 30.9 Å². The highest BCUT2D eigenvalue weighted by atomic mass is 32.2. The molecule has 0 radical (unpaired) electrons. The molecule has 2 aromatic rings. The van der Waals surface area contributed by atoms with Crippen LogP contribution in [-0.4, -0.2) is 49.2 Å². The molecular formula is C20H24N4O4S. The summed E-state index contributed by atoms with van der Waals surface area (Å²) in [6, 6.07) is 10.4. The molecule has 2 aliphatic heterocycles. The first-order chi connectivity index (χ1) is 13.7. The number of para-hydroxylation sites is 1. The molecule has 1 atom stereocenters. The molecule has 3 heterocycles. The Hall–Kier alpha value is -2.65. The molecule has 1 saturated heterocycles. The molecule has 29 heavy (non-hydrogen) atoms. The topological polar surface area (TPSA) is 115 Å². The second-order valence-electron chi connectivity index (χ2n) is 7.73. The van der Waals surface area contributed by atoms with Gasteiger partial charge in [0.05, 0.1) is 17.9 Å². The Kier molecular flexibility index (Phi) is 4.95. The summed E-state index contributed by atoms with van der Waals surface area (Å²) in [6.07, 6.45) is 4.43. The van der Waals surface area contributed by atoms with Crippen molar-refractivity contribution in [2.75, 3.05) is 25.1 Å². The molecule has 0 aliphatic carbocycles. The van der Waals surface area contributed by atoms with Crippen LogP contribution in [0.4, 0.5) is 5.82 Å². The van der Waals surface area contributed by atoms with Crippen molar-refractivity contribution in [3.8, 4) is 5.75 Å². The average molecular weight is 417 g/mol. The Morgan fingerprint density at radius 1 is 1.24 bits per heavy atom. The van der Waals surface area contributed by atoms with E-state index >= 15 is 0 Å². The van der Waals surface area contributed by atoms with Crippen molar-refractivity contribution >= 4 is 21.7 Å². The quantitative estimate of drug-likeness (QED) is 0.787.